The molecule has 0 unspecified atom stereocenters. The number of rotatable bonds is 5. The van der Waals surface area contributed by atoms with Crippen molar-refractivity contribution in [3.8, 4) is 11.3 Å². The monoisotopic (exact) mass is 378 g/mol. The maximum absolute atomic E-state index is 11.8. The number of amides is 2. The van der Waals surface area contributed by atoms with Crippen molar-refractivity contribution in [2.75, 3.05) is 5.32 Å². The van der Waals surface area contributed by atoms with Crippen LogP contribution in [0.2, 0.25) is 0 Å². The second kappa shape index (κ2) is 8.41. The van der Waals surface area contributed by atoms with Crippen molar-refractivity contribution in [1.29, 1.82) is 0 Å². The lowest BCUT2D eigenvalue weighted by Gasteiger charge is -2.02. The minimum Gasteiger partial charge on any atom is -0.455 e. The smallest absolute Gasteiger partial charge is 0.329 e. The SMILES string of the molecule is O=C(N/N=C/c1ccc(-c2cccc([N+](=O)[O-])c2)o1)C(=O)Nc1ccccc1. The predicted octanol–water partition coefficient (Wildman–Crippen LogP) is 2.94. The summed E-state index contributed by atoms with van der Waals surface area (Å²) < 4.78 is 5.52. The number of non-ortho nitro benzene ring substituents is 1. The first kappa shape index (κ1) is 18.5. The zero-order valence-electron chi connectivity index (χ0n) is 14.4. The highest BCUT2D eigenvalue weighted by Gasteiger charge is 2.13. The molecule has 3 aromatic rings. The van der Waals surface area contributed by atoms with E-state index in [-0.39, 0.29) is 5.69 Å². The van der Waals surface area contributed by atoms with E-state index in [1.807, 2.05) is 0 Å². The van der Waals surface area contributed by atoms with Gasteiger partial charge in [-0.05, 0) is 24.3 Å². The van der Waals surface area contributed by atoms with Crippen molar-refractivity contribution in [2.45, 2.75) is 0 Å². The molecule has 0 atom stereocenters. The van der Waals surface area contributed by atoms with Gasteiger partial charge in [-0.15, -0.1) is 0 Å². The van der Waals surface area contributed by atoms with Crippen LogP contribution in [0.4, 0.5) is 11.4 Å². The third kappa shape index (κ3) is 4.67. The van der Waals surface area contributed by atoms with Gasteiger partial charge in [-0.25, -0.2) is 5.43 Å². The molecule has 0 fully saturated rings. The summed E-state index contributed by atoms with van der Waals surface area (Å²) in [5.74, 6) is -1.10. The Morgan fingerprint density at radius 3 is 2.54 bits per heavy atom. The molecule has 2 N–H and O–H groups in total. The number of anilines is 1. The zero-order valence-corrected chi connectivity index (χ0v) is 14.4. The molecule has 0 spiro atoms. The molecule has 0 saturated heterocycles. The lowest BCUT2D eigenvalue weighted by Crippen LogP contribution is -2.32. The summed E-state index contributed by atoms with van der Waals surface area (Å²) in [5.41, 5.74) is 3.05. The van der Waals surface area contributed by atoms with Crippen LogP contribution in [0, 0.1) is 10.1 Å². The molecule has 9 heteroatoms. The first-order chi connectivity index (χ1) is 13.5. The molecule has 1 heterocycles. The molecule has 1 aromatic heterocycles. The second-order valence-electron chi connectivity index (χ2n) is 5.53. The van der Waals surface area contributed by atoms with Crippen LogP contribution in [-0.4, -0.2) is 23.0 Å². The molecule has 2 aromatic carbocycles. The van der Waals surface area contributed by atoms with Gasteiger partial charge in [-0.3, -0.25) is 19.7 Å². The fourth-order valence-electron chi connectivity index (χ4n) is 2.26. The maximum Gasteiger partial charge on any atom is 0.329 e. The Balaban J connectivity index is 1.59. The molecule has 2 amide bonds. The van der Waals surface area contributed by atoms with Gasteiger partial charge in [-0.2, -0.15) is 5.10 Å². The van der Waals surface area contributed by atoms with Crippen LogP contribution in [0.15, 0.2) is 76.2 Å². The Morgan fingerprint density at radius 1 is 1.00 bits per heavy atom. The van der Waals surface area contributed by atoms with Gasteiger partial charge in [0, 0.05) is 23.4 Å². The third-order valence-electron chi connectivity index (χ3n) is 3.56. The van der Waals surface area contributed by atoms with Gasteiger partial charge in [-0.1, -0.05) is 30.3 Å². The van der Waals surface area contributed by atoms with Crippen LogP contribution in [0.25, 0.3) is 11.3 Å². The number of hydrogen-bond donors (Lipinski definition) is 2. The molecule has 28 heavy (non-hydrogen) atoms. The van der Waals surface area contributed by atoms with Gasteiger partial charge in [0.15, 0.2) is 0 Å². The lowest BCUT2D eigenvalue weighted by atomic mass is 10.1. The Kier molecular flexibility index (Phi) is 5.56. The molecule has 140 valence electrons. The summed E-state index contributed by atoms with van der Waals surface area (Å²) in [6, 6.07) is 17.7. The number of furan rings is 1. The zero-order chi connectivity index (χ0) is 19.9. The average Bonchev–Trinajstić information content (AvgIpc) is 3.17. The van der Waals surface area contributed by atoms with E-state index in [0.29, 0.717) is 22.8 Å². The molecule has 3 rings (SSSR count). The highest BCUT2D eigenvalue weighted by atomic mass is 16.6. The summed E-state index contributed by atoms with van der Waals surface area (Å²) >= 11 is 0. The van der Waals surface area contributed by atoms with Crippen molar-refractivity contribution >= 4 is 29.4 Å². The van der Waals surface area contributed by atoms with E-state index in [0.717, 1.165) is 0 Å². The first-order valence-corrected chi connectivity index (χ1v) is 8.07. The quantitative estimate of drug-likeness (QED) is 0.305. The fraction of sp³-hybridized carbons (Fsp3) is 0. The number of carbonyl (C=O) groups is 2. The van der Waals surface area contributed by atoms with E-state index in [1.165, 1.54) is 18.3 Å². The molecule has 0 saturated carbocycles. The normalized spacial score (nSPS) is 10.6. The fourth-order valence-corrected chi connectivity index (χ4v) is 2.26. The number of benzene rings is 2. The van der Waals surface area contributed by atoms with Crippen molar-refractivity contribution in [2.24, 2.45) is 5.10 Å². The number of hydrogen-bond acceptors (Lipinski definition) is 6. The molecule has 0 aliphatic rings. The van der Waals surface area contributed by atoms with Crippen molar-refractivity contribution < 1.29 is 18.9 Å². The van der Waals surface area contributed by atoms with E-state index in [9.17, 15) is 19.7 Å². The number of para-hydroxylation sites is 1. The van der Waals surface area contributed by atoms with E-state index in [1.54, 1.807) is 54.6 Å². The van der Waals surface area contributed by atoms with Crippen LogP contribution < -0.4 is 10.7 Å². The van der Waals surface area contributed by atoms with Crippen LogP contribution in [0.1, 0.15) is 5.76 Å². The number of nitro groups is 1. The van der Waals surface area contributed by atoms with Gasteiger partial charge in [0.1, 0.15) is 11.5 Å². The summed E-state index contributed by atoms with van der Waals surface area (Å²) in [4.78, 5) is 33.8. The van der Waals surface area contributed by atoms with Gasteiger partial charge in [0.2, 0.25) is 0 Å². The predicted molar refractivity (Wildman–Crippen MR) is 102 cm³/mol. The van der Waals surface area contributed by atoms with Gasteiger partial charge in [0.25, 0.3) is 5.69 Å². The minimum absolute atomic E-state index is 0.0548. The maximum atomic E-state index is 11.8. The summed E-state index contributed by atoms with van der Waals surface area (Å²) in [6.45, 7) is 0. The van der Waals surface area contributed by atoms with E-state index >= 15 is 0 Å². The first-order valence-electron chi connectivity index (χ1n) is 8.07. The third-order valence-corrected chi connectivity index (χ3v) is 3.56. The van der Waals surface area contributed by atoms with Gasteiger partial charge >= 0.3 is 11.8 Å². The standard InChI is InChI=1S/C19H14N4O5/c24-18(21-14-6-2-1-3-7-14)19(25)22-20-12-16-9-10-17(28-16)13-5-4-8-15(11-13)23(26)27/h1-12H,(H,21,24)(H,22,25)/b20-12+. The van der Waals surface area contributed by atoms with Crippen molar-refractivity contribution in [3.05, 3.63) is 82.6 Å². The summed E-state index contributed by atoms with van der Waals surface area (Å²) in [5, 5.41) is 16.9. The molecule has 0 aliphatic carbocycles. The molecule has 9 nitrogen and oxygen atoms in total. The Morgan fingerprint density at radius 2 is 1.79 bits per heavy atom. The topological polar surface area (TPSA) is 127 Å². The number of hydrazone groups is 1. The highest BCUT2D eigenvalue weighted by molar-refractivity contribution is 6.39. The number of nitrogens with zero attached hydrogens (tertiary/aromatic N) is 2. The Bertz CT molecular complexity index is 1040. The summed E-state index contributed by atoms with van der Waals surface area (Å²) in [7, 11) is 0. The number of carbonyl (C=O) groups excluding carboxylic acids is 2. The van der Waals surface area contributed by atoms with Crippen LogP contribution in [0.5, 0.6) is 0 Å². The van der Waals surface area contributed by atoms with Gasteiger partial charge in [0.05, 0.1) is 11.1 Å². The Hall–Kier alpha value is -4.27. The van der Waals surface area contributed by atoms with Gasteiger partial charge < -0.3 is 9.73 Å². The van der Waals surface area contributed by atoms with Crippen molar-refractivity contribution in [1.82, 2.24) is 5.43 Å². The number of nitro benzene ring substituents is 1. The largest absolute Gasteiger partial charge is 0.455 e. The van der Waals surface area contributed by atoms with E-state index < -0.39 is 16.7 Å². The molecular formula is C19H14N4O5. The Labute approximate surface area is 158 Å². The summed E-state index contributed by atoms with van der Waals surface area (Å²) in [6.07, 6.45) is 1.22. The number of nitrogens with one attached hydrogen (secondary N) is 2. The molecular weight excluding hydrogens is 364 g/mol. The van der Waals surface area contributed by atoms with Crippen LogP contribution >= 0.6 is 0 Å². The van der Waals surface area contributed by atoms with Crippen LogP contribution in [0.3, 0.4) is 0 Å². The minimum atomic E-state index is -0.939. The highest BCUT2D eigenvalue weighted by Crippen LogP contribution is 2.25. The average molecular weight is 378 g/mol. The van der Waals surface area contributed by atoms with E-state index in [2.05, 4.69) is 15.8 Å². The molecule has 0 bridgehead atoms. The van der Waals surface area contributed by atoms with E-state index in [4.69, 9.17) is 4.42 Å². The second-order valence-corrected chi connectivity index (χ2v) is 5.53. The lowest BCUT2D eigenvalue weighted by molar-refractivity contribution is -0.384. The molecule has 0 aliphatic heterocycles. The van der Waals surface area contributed by atoms with Crippen LogP contribution in [-0.2, 0) is 9.59 Å². The molecule has 0 radical (unpaired) electrons. The van der Waals surface area contributed by atoms with Crippen molar-refractivity contribution in [3.63, 3.8) is 0 Å².